The van der Waals surface area contributed by atoms with Gasteiger partial charge in [0, 0.05) is 44.2 Å². The molecule has 0 aliphatic carbocycles. The van der Waals surface area contributed by atoms with Gasteiger partial charge in [0.15, 0.2) is 5.79 Å². The highest BCUT2D eigenvalue weighted by molar-refractivity contribution is 5.45. The normalized spacial score (nSPS) is 18.8. The van der Waals surface area contributed by atoms with Gasteiger partial charge in [0.05, 0.1) is 13.2 Å². The number of hydrogen-bond acceptors (Lipinski definition) is 6. The highest BCUT2D eigenvalue weighted by Gasteiger charge is 2.40. The van der Waals surface area contributed by atoms with Gasteiger partial charge in [0.1, 0.15) is 5.82 Å². The molecule has 2 aliphatic heterocycles. The first-order valence-electron chi connectivity index (χ1n) is 9.89. The topological polar surface area (TPSA) is 59.5 Å². The smallest absolute Gasteiger partial charge is 0.224 e. The van der Waals surface area contributed by atoms with Crippen LogP contribution < -0.4 is 10.2 Å². The second-order valence-electron chi connectivity index (χ2n) is 7.30. The van der Waals surface area contributed by atoms with E-state index in [-0.39, 0.29) is 5.79 Å². The molecule has 0 atom stereocenters. The number of aryl methyl sites for hydroxylation is 2. The van der Waals surface area contributed by atoms with Gasteiger partial charge < -0.3 is 19.7 Å². The first kappa shape index (κ1) is 18.2. The molecule has 6 nitrogen and oxygen atoms in total. The Kier molecular flexibility index (Phi) is 5.55. The molecule has 0 radical (unpaired) electrons. The van der Waals surface area contributed by atoms with Crippen LogP contribution in [-0.4, -0.2) is 48.6 Å². The van der Waals surface area contributed by atoms with Crippen molar-refractivity contribution >= 4 is 11.8 Å². The van der Waals surface area contributed by atoms with Crippen molar-refractivity contribution in [1.29, 1.82) is 0 Å². The molecule has 0 unspecified atom stereocenters. The fraction of sp³-hybridized carbons (Fsp3) is 0.524. The molecule has 1 spiro atoms. The Morgan fingerprint density at radius 3 is 2.56 bits per heavy atom. The number of benzene rings is 1. The molecule has 1 aromatic carbocycles. The Labute approximate surface area is 160 Å². The molecule has 3 heterocycles. The van der Waals surface area contributed by atoms with Gasteiger partial charge in [-0.2, -0.15) is 4.98 Å². The largest absolute Gasteiger partial charge is 0.356 e. The summed E-state index contributed by atoms with van der Waals surface area (Å²) in [6, 6.07) is 12.6. The predicted octanol–water partition coefficient (Wildman–Crippen LogP) is 3.17. The average molecular weight is 368 g/mol. The van der Waals surface area contributed by atoms with E-state index in [4.69, 9.17) is 14.5 Å². The Morgan fingerprint density at radius 1 is 1.07 bits per heavy atom. The zero-order chi connectivity index (χ0) is 18.5. The summed E-state index contributed by atoms with van der Waals surface area (Å²) < 4.78 is 11.6. The van der Waals surface area contributed by atoms with E-state index in [1.165, 1.54) is 5.56 Å². The van der Waals surface area contributed by atoms with Crippen LogP contribution in [0, 0.1) is 6.92 Å². The molecule has 2 fully saturated rings. The molecule has 27 heavy (non-hydrogen) atoms. The zero-order valence-electron chi connectivity index (χ0n) is 16.0. The lowest BCUT2D eigenvalue weighted by molar-refractivity contribution is -0.169. The fourth-order valence-electron chi connectivity index (χ4n) is 3.79. The third-order valence-corrected chi connectivity index (χ3v) is 5.27. The molecule has 0 amide bonds. The summed E-state index contributed by atoms with van der Waals surface area (Å²) in [5.41, 5.74) is 2.35. The molecule has 6 heteroatoms. The van der Waals surface area contributed by atoms with Crippen molar-refractivity contribution < 1.29 is 9.47 Å². The van der Waals surface area contributed by atoms with Crippen molar-refractivity contribution in [3.63, 3.8) is 0 Å². The summed E-state index contributed by atoms with van der Waals surface area (Å²) in [6.45, 7) is 6.10. The van der Waals surface area contributed by atoms with E-state index < -0.39 is 0 Å². The fourth-order valence-corrected chi connectivity index (χ4v) is 3.79. The predicted molar refractivity (Wildman–Crippen MR) is 106 cm³/mol. The van der Waals surface area contributed by atoms with E-state index in [1.807, 2.05) is 6.92 Å². The van der Waals surface area contributed by atoms with E-state index in [1.54, 1.807) is 0 Å². The van der Waals surface area contributed by atoms with Crippen molar-refractivity contribution in [3.8, 4) is 0 Å². The molecule has 4 rings (SSSR count). The van der Waals surface area contributed by atoms with Gasteiger partial charge in [-0.25, -0.2) is 4.98 Å². The highest BCUT2D eigenvalue weighted by atomic mass is 16.7. The SMILES string of the molecule is Cc1cc(N2CCC3(CC2)OCCO3)nc(NCCCc2ccccc2)n1. The number of anilines is 2. The van der Waals surface area contributed by atoms with Crippen LogP contribution in [0.1, 0.15) is 30.5 Å². The van der Waals surface area contributed by atoms with Gasteiger partial charge >= 0.3 is 0 Å². The second-order valence-corrected chi connectivity index (χ2v) is 7.30. The quantitative estimate of drug-likeness (QED) is 0.791. The molecule has 1 aromatic heterocycles. The molecule has 0 saturated carbocycles. The Morgan fingerprint density at radius 2 is 1.81 bits per heavy atom. The molecule has 2 aromatic rings. The molecular formula is C21H28N4O2. The van der Waals surface area contributed by atoms with E-state index in [0.29, 0.717) is 19.2 Å². The number of nitrogens with one attached hydrogen (secondary N) is 1. The summed E-state index contributed by atoms with van der Waals surface area (Å²) >= 11 is 0. The van der Waals surface area contributed by atoms with E-state index in [0.717, 1.165) is 56.8 Å². The van der Waals surface area contributed by atoms with Crippen LogP contribution in [-0.2, 0) is 15.9 Å². The second kappa shape index (κ2) is 8.23. The van der Waals surface area contributed by atoms with Crippen molar-refractivity contribution in [3.05, 3.63) is 47.7 Å². The lowest BCUT2D eigenvalue weighted by Crippen LogP contribution is -2.45. The van der Waals surface area contributed by atoms with Crippen molar-refractivity contribution in [2.24, 2.45) is 0 Å². The van der Waals surface area contributed by atoms with Crippen LogP contribution in [0.5, 0.6) is 0 Å². The number of aromatic nitrogens is 2. The van der Waals surface area contributed by atoms with Crippen LogP contribution >= 0.6 is 0 Å². The third-order valence-electron chi connectivity index (χ3n) is 5.27. The molecule has 0 bridgehead atoms. The van der Waals surface area contributed by atoms with Crippen molar-refractivity contribution in [2.45, 2.75) is 38.4 Å². The van der Waals surface area contributed by atoms with E-state index in [2.05, 4.69) is 51.6 Å². The lowest BCUT2D eigenvalue weighted by Gasteiger charge is -2.38. The summed E-state index contributed by atoms with van der Waals surface area (Å²) in [4.78, 5) is 11.6. The first-order valence-corrected chi connectivity index (χ1v) is 9.89. The highest BCUT2D eigenvalue weighted by Crippen LogP contribution is 2.32. The van der Waals surface area contributed by atoms with E-state index in [9.17, 15) is 0 Å². The molecule has 144 valence electrons. The number of nitrogens with zero attached hydrogens (tertiary/aromatic N) is 3. The molecule has 1 N–H and O–H groups in total. The van der Waals surface area contributed by atoms with Gasteiger partial charge in [-0.05, 0) is 25.3 Å². The molecule has 2 saturated heterocycles. The monoisotopic (exact) mass is 368 g/mol. The maximum absolute atomic E-state index is 5.82. The summed E-state index contributed by atoms with van der Waals surface area (Å²) in [7, 11) is 0. The number of piperidine rings is 1. The van der Waals surface area contributed by atoms with Crippen LogP contribution in [0.3, 0.4) is 0 Å². The minimum absolute atomic E-state index is 0.350. The Balaban J connectivity index is 1.31. The van der Waals surface area contributed by atoms with Crippen LogP contribution in [0.15, 0.2) is 36.4 Å². The Hall–Kier alpha value is -2.18. The van der Waals surface area contributed by atoms with E-state index >= 15 is 0 Å². The van der Waals surface area contributed by atoms with Crippen LogP contribution in [0.2, 0.25) is 0 Å². The van der Waals surface area contributed by atoms with Crippen LogP contribution in [0.4, 0.5) is 11.8 Å². The lowest BCUT2D eigenvalue weighted by atomic mass is 10.0. The third kappa shape index (κ3) is 4.57. The maximum atomic E-state index is 5.82. The molecular weight excluding hydrogens is 340 g/mol. The molecule has 2 aliphatic rings. The first-order chi connectivity index (χ1) is 13.2. The average Bonchev–Trinajstić information content (AvgIpc) is 3.14. The van der Waals surface area contributed by atoms with Crippen molar-refractivity contribution in [2.75, 3.05) is 43.1 Å². The summed E-state index contributed by atoms with van der Waals surface area (Å²) in [5.74, 6) is 1.35. The minimum atomic E-state index is -0.350. The standard InChI is InChI=1S/C21H28N4O2/c1-17-16-19(25-12-9-21(10-13-25)26-14-15-27-21)24-20(23-17)22-11-5-8-18-6-3-2-4-7-18/h2-4,6-7,16H,5,8-15H2,1H3,(H,22,23,24). The van der Waals surface area contributed by atoms with Crippen molar-refractivity contribution in [1.82, 2.24) is 9.97 Å². The minimum Gasteiger partial charge on any atom is -0.356 e. The van der Waals surface area contributed by atoms with Gasteiger partial charge in [0.25, 0.3) is 0 Å². The number of hydrogen-bond donors (Lipinski definition) is 1. The maximum Gasteiger partial charge on any atom is 0.224 e. The number of rotatable bonds is 6. The van der Waals surface area contributed by atoms with Gasteiger partial charge in [-0.15, -0.1) is 0 Å². The summed E-state index contributed by atoms with van der Waals surface area (Å²) in [5, 5.41) is 3.39. The zero-order valence-corrected chi connectivity index (χ0v) is 16.0. The van der Waals surface area contributed by atoms with Gasteiger partial charge in [-0.3, -0.25) is 0 Å². The van der Waals surface area contributed by atoms with Crippen LogP contribution in [0.25, 0.3) is 0 Å². The summed E-state index contributed by atoms with van der Waals surface area (Å²) in [6.07, 6.45) is 3.88. The van der Waals surface area contributed by atoms with Gasteiger partial charge in [0.2, 0.25) is 5.95 Å². The Bertz CT molecular complexity index is 737. The number of ether oxygens (including phenoxy) is 2. The van der Waals surface area contributed by atoms with Gasteiger partial charge in [-0.1, -0.05) is 30.3 Å².